The average molecular weight is 529 g/mol. The van der Waals surface area contributed by atoms with Crippen molar-refractivity contribution in [2.75, 3.05) is 44.6 Å². The highest BCUT2D eigenvalue weighted by molar-refractivity contribution is 14.0. The summed E-state index contributed by atoms with van der Waals surface area (Å²) < 4.78 is 0. The lowest BCUT2D eigenvalue weighted by Crippen LogP contribution is -2.39. The number of rotatable bonds is 9. The molecule has 0 atom stereocenters. The lowest BCUT2D eigenvalue weighted by molar-refractivity contribution is -0.127. The molecular formula is C17H27Cl2IN6O. The maximum absolute atomic E-state index is 11.6. The van der Waals surface area contributed by atoms with Gasteiger partial charge in [-0.15, -0.1) is 24.0 Å². The Balaban J connectivity index is 0.00000364. The van der Waals surface area contributed by atoms with E-state index in [1.54, 1.807) is 12.3 Å². The van der Waals surface area contributed by atoms with Crippen LogP contribution in [-0.2, 0) is 4.79 Å². The largest absolute Gasteiger partial charge is 0.367 e. The van der Waals surface area contributed by atoms with E-state index >= 15 is 0 Å². The highest BCUT2D eigenvalue weighted by Gasteiger charge is 2.18. The summed E-state index contributed by atoms with van der Waals surface area (Å²) in [6, 6.07) is 1.66. The summed E-state index contributed by atoms with van der Waals surface area (Å²) in [7, 11) is 0. The van der Waals surface area contributed by atoms with E-state index in [-0.39, 0.29) is 29.9 Å². The molecule has 27 heavy (non-hydrogen) atoms. The molecule has 0 bridgehead atoms. The number of amides is 1. The molecule has 0 radical (unpaired) electrons. The molecule has 0 saturated carbocycles. The molecule has 7 nitrogen and oxygen atoms in total. The average Bonchev–Trinajstić information content (AvgIpc) is 3.02. The number of hydrogen-bond acceptors (Lipinski definition) is 4. The second kappa shape index (κ2) is 13.2. The van der Waals surface area contributed by atoms with E-state index in [9.17, 15) is 4.79 Å². The van der Waals surface area contributed by atoms with Gasteiger partial charge in [0.1, 0.15) is 5.82 Å². The minimum Gasteiger partial charge on any atom is -0.367 e. The van der Waals surface area contributed by atoms with E-state index in [1.807, 2.05) is 11.8 Å². The second-order valence-electron chi connectivity index (χ2n) is 5.94. The standard InChI is InChI=1S/C17H26Cl2N6O.HI/c1-2-20-17(22-6-4-10-25-9-3-5-15(25)26)23-8-7-21-16-14(19)11-13(18)12-24-16;/h11-12H,2-10H2,1H3,(H,21,24)(H2,20,22,23);1H. The van der Waals surface area contributed by atoms with Gasteiger partial charge in [-0.05, 0) is 25.8 Å². The number of pyridine rings is 1. The number of hydrogen-bond donors (Lipinski definition) is 3. The van der Waals surface area contributed by atoms with Crippen LogP contribution in [0.4, 0.5) is 5.82 Å². The topological polar surface area (TPSA) is 81.7 Å². The minimum atomic E-state index is 0. The first-order valence-electron chi connectivity index (χ1n) is 8.95. The first kappa shape index (κ1) is 24.0. The molecule has 1 amide bonds. The molecule has 0 unspecified atom stereocenters. The lowest BCUT2D eigenvalue weighted by atomic mass is 10.4. The van der Waals surface area contributed by atoms with E-state index in [1.165, 1.54) is 0 Å². The summed E-state index contributed by atoms with van der Waals surface area (Å²) in [4.78, 5) is 22.2. The molecule has 1 saturated heterocycles. The molecule has 152 valence electrons. The molecule has 1 aliphatic heterocycles. The van der Waals surface area contributed by atoms with Crippen LogP contribution in [0.5, 0.6) is 0 Å². The number of anilines is 1. The first-order valence-corrected chi connectivity index (χ1v) is 9.70. The van der Waals surface area contributed by atoms with Crippen LogP contribution in [0.1, 0.15) is 26.2 Å². The maximum Gasteiger partial charge on any atom is 0.222 e. The van der Waals surface area contributed by atoms with Crippen molar-refractivity contribution < 1.29 is 4.79 Å². The van der Waals surface area contributed by atoms with Crippen molar-refractivity contribution in [1.29, 1.82) is 0 Å². The number of nitrogens with zero attached hydrogens (tertiary/aromatic N) is 3. The van der Waals surface area contributed by atoms with Gasteiger partial charge >= 0.3 is 0 Å². The Bertz CT molecular complexity index is 631. The Hall–Kier alpha value is -1.000. The Labute approximate surface area is 187 Å². The number of carbonyl (C=O) groups is 1. The third-order valence-corrected chi connectivity index (χ3v) is 4.38. The molecule has 2 rings (SSSR count). The summed E-state index contributed by atoms with van der Waals surface area (Å²) in [5, 5.41) is 10.6. The minimum absolute atomic E-state index is 0. The van der Waals surface area contributed by atoms with Gasteiger partial charge in [-0.3, -0.25) is 9.79 Å². The number of guanidine groups is 1. The molecule has 1 aromatic rings. The van der Waals surface area contributed by atoms with Gasteiger partial charge in [0.25, 0.3) is 0 Å². The van der Waals surface area contributed by atoms with E-state index < -0.39 is 0 Å². The monoisotopic (exact) mass is 528 g/mol. The molecule has 1 fully saturated rings. The zero-order valence-electron chi connectivity index (χ0n) is 15.4. The molecule has 3 N–H and O–H groups in total. The van der Waals surface area contributed by atoms with Gasteiger partial charge in [-0.25, -0.2) is 4.98 Å². The number of aromatic nitrogens is 1. The summed E-state index contributed by atoms with van der Waals surface area (Å²) >= 11 is 11.9. The maximum atomic E-state index is 11.6. The van der Waals surface area contributed by atoms with Crippen molar-refractivity contribution in [3.8, 4) is 0 Å². The third-order valence-electron chi connectivity index (χ3n) is 3.89. The molecule has 2 heterocycles. The van der Waals surface area contributed by atoms with Crippen LogP contribution < -0.4 is 16.0 Å². The molecule has 0 spiro atoms. The Morgan fingerprint density at radius 1 is 1.33 bits per heavy atom. The molecule has 0 aliphatic carbocycles. The normalized spacial score (nSPS) is 14.1. The fraction of sp³-hybridized carbons (Fsp3) is 0.588. The van der Waals surface area contributed by atoms with Crippen LogP contribution in [0.15, 0.2) is 17.3 Å². The summed E-state index contributed by atoms with van der Waals surface area (Å²) in [6.07, 6.45) is 4.09. The first-order chi connectivity index (χ1) is 12.6. The van der Waals surface area contributed by atoms with Crippen molar-refractivity contribution >= 4 is 64.9 Å². The number of nitrogens with one attached hydrogen (secondary N) is 3. The number of aliphatic imine (C=N–C) groups is 1. The SMILES string of the molecule is CCNC(=NCCCN1CCCC1=O)NCCNc1ncc(Cl)cc1Cl.I. The Kier molecular flexibility index (Phi) is 11.8. The zero-order chi connectivity index (χ0) is 18.8. The number of carbonyl (C=O) groups excluding carboxylic acids is 1. The van der Waals surface area contributed by atoms with Gasteiger partial charge in [-0.1, -0.05) is 23.2 Å². The summed E-state index contributed by atoms with van der Waals surface area (Å²) in [5.41, 5.74) is 0. The highest BCUT2D eigenvalue weighted by atomic mass is 127. The quantitative estimate of drug-likeness (QED) is 0.199. The zero-order valence-corrected chi connectivity index (χ0v) is 19.3. The van der Waals surface area contributed by atoms with Crippen LogP contribution >= 0.6 is 47.2 Å². The van der Waals surface area contributed by atoms with E-state index in [0.29, 0.717) is 41.9 Å². The molecule has 1 aliphatic rings. The van der Waals surface area contributed by atoms with Crippen molar-refractivity contribution in [3.63, 3.8) is 0 Å². The van der Waals surface area contributed by atoms with Crippen molar-refractivity contribution in [1.82, 2.24) is 20.5 Å². The molecular weight excluding hydrogens is 502 g/mol. The molecule has 0 aromatic carbocycles. The van der Waals surface area contributed by atoms with Crippen LogP contribution in [0.3, 0.4) is 0 Å². The predicted molar refractivity (Wildman–Crippen MR) is 123 cm³/mol. The van der Waals surface area contributed by atoms with Crippen LogP contribution in [0.25, 0.3) is 0 Å². The summed E-state index contributed by atoms with van der Waals surface area (Å²) in [5.74, 6) is 1.63. The highest BCUT2D eigenvalue weighted by Crippen LogP contribution is 2.21. The van der Waals surface area contributed by atoms with Gasteiger partial charge in [-0.2, -0.15) is 0 Å². The number of halogens is 3. The second-order valence-corrected chi connectivity index (χ2v) is 6.78. The Morgan fingerprint density at radius 3 is 2.81 bits per heavy atom. The van der Waals surface area contributed by atoms with Gasteiger partial charge < -0.3 is 20.9 Å². The van der Waals surface area contributed by atoms with Gasteiger partial charge in [0.05, 0.1) is 10.0 Å². The van der Waals surface area contributed by atoms with E-state index in [4.69, 9.17) is 23.2 Å². The van der Waals surface area contributed by atoms with Crippen molar-refractivity contribution in [2.45, 2.75) is 26.2 Å². The molecule has 10 heteroatoms. The van der Waals surface area contributed by atoms with Crippen molar-refractivity contribution in [3.05, 3.63) is 22.3 Å². The van der Waals surface area contributed by atoms with Gasteiger partial charge in [0.15, 0.2) is 5.96 Å². The smallest absolute Gasteiger partial charge is 0.222 e. The van der Waals surface area contributed by atoms with Gasteiger partial charge in [0.2, 0.25) is 5.91 Å². The van der Waals surface area contributed by atoms with E-state index in [0.717, 1.165) is 38.4 Å². The lowest BCUT2D eigenvalue weighted by Gasteiger charge is -2.15. The summed E-state index contributed by atoms with van der Waals surface area (Å²) in [6.45, 7) is 6.46. The van der Waals surface area contributed by atoms with Crippen LogP contribution in [-0.4, -0.2) is 61.0 Å². The predicted octanol–water partition coefficient (Wildman–Crippen LogP) is 2.99. The molecule has 1 aromatic heterocycles. The van der Waals surface area contributed by atoms with Crippen LogP contribution in [0, 0.1) is 0 Å². The van der Waals surface area contributed by atoms with Crippen molar-refractivity contribution in [2.24, 2.45) is 4.99 Å². The number of likely N-dealkylation sites (tertiary alicyclic amines) is 1. The fourth-order valence-corrected chi connectivity index (χ4v) is 3.09. The van der Waals surface area contributed by atoms with E-state index in [2.05, 4.69) is 25.9 Å². The fourth-order valence-electron chi connectivity index (χ4n) is 2.64. The third kappa shape index (κ3) is 8.69. The van der Waals surface area contributed by atoms with Gasteiger partial charge in [0, 0.05) is 51.9 Å². The van der Waals surface area contributed by atoms with Crippen LogP contribution in [0.2, 0.25) is 10.0 Å². The Morgan fingerprint density at radius 2 is 2.15 bits per heavy atom.